The Labute approximate surface area is 107 Å². The molecular formula is C13H19N3O2. The van der Waals surface area contributed by atoms with Crippen molar-refractivity contribution in [2.45, 2.75) is 12.8 Å². The van der Waals surface area contributed by atoms with Crippen LogP contribution in [0, 0.1) is 0 Å². The number of carbonyl (C=O) groups excluding carboxylic acids is 1. The fourth-order valence-corrected chi connectivity index (χ4v) is 2.11. The van der Waals surface area contributed by atoms with Crippen molar-refractivity contribution in [1.82, 2.24) is 5.01 Å². The molecule has 18 heavy (non-hydrogen) atoms. The molecule has 98 valence electrons. The highest BCUT2D eigenvalue weighted by Gasteiger charge is 2.28. The highest BCUT2D eigenvalue weighted by molar-refractivity contribution is 5.82. The Hall–Kier alpha value is -1.75. The van der Waals surface area contributed by atoms with Gasteiger partial charge in [-0.25, -0.2) is 0 Å². The smallest absolute Gasteiger partial charge is 0.242 e. The van der Waals surface area contributed by atoms with Crippen LogP contribution in [0.5, 0.6) is 5.75 Å². The van der Waals surface area contributed by atoms with Crippen LogP contribution in [0.25, 0.3) is 0 Å². The first-order valence-electron chi connectivity index (χ1n) is 6.18. The zero-order valence-corrected chi connectivity index (χ0v) is 10.6. The molecule has 5 heteroatoms. The molecule has 0 spiro atoms. The van der Waals surface area contributed by atoms with Crippen molar-refractivity contribution < 1.29 is 9.53 Å². The zero-order chi connectivity index (χ0) is 13.0. The number of carbonyl (C=O) groups is 1. The average molecular weight is 249 g/mol. The second-order valence-electron chi connectivity index (χ2n) is 4.23. The predicted molar refractivity (Wildman–Crippen MR) is 70.3 cm³/mol. The number of hydrazine groups is 1. The van der Waals surface area contributed by atoms with Gasteiger partial charge >= 0.3 is 0 Å². The van der Waals surface area contributed by atoms with Gasteiger partial charge in [0.2, 0.25) is 5.91 Å². The molecule has 1 fully saturated rings. The molecule has 1 aromatic carbocycles. The van der Waals surface area contributed by atoms with Crippen LogP contribution in [-0.4, -0.2) is 37.7 Å². The summed E-state index contributed by atoms with van der Waals surface area (Å²) in [5.41, 5.74) is 6.49. The van der Waals surface area contributed by atoms with Crippen LogP contribution in [0.15, 0.2) is 24.3 Å². The summed E-state index contributed by atoms with van der Waals surface area (Å²) in [4.78, 5) is 11.8. The van der Waals surface area contributed by atoms with Crippen molar-refractivity contribution in [3.63, 3.8) is 0 Å². The Morgan fingerprint density at radius 2 is 2.28 bits per heavy atom. The van der Waals surface area contributed by atoms with Gasteiger partial charge in [-0.3, -0.25) is 14.8 Å². The average Bonchev–Trinajstić information content (AvgIpc) is 2.77. The van der Waals surface area contributed by atoms with E-state index in [9.17, 15) is 4.79 Å². The molecule has 1 aliphatic rings. The Morgan fingerprint density at radius 1 is 1.44 bits per heavy atom. The molecule has 0 atom stereocenters. The van der Waals surface area contributed by atoms with Crippen LogP contribution in [-0.2, 0) is 4.79 Å². The van der Waals surface area contributed by atoms with Gasteiger partial charge < -0.3 is 10.5 Å². The Kier molecular flexibility index (Phi) is 4.04. The second kappa shape index (κ2) is 5.73. The minimum absolute atomic E-state index is 0.159. The molecule has 0 radical (unpaired) electrons. The van der Waals surface area contributed by atoms with Crippen molar-refractivity contribution in [2.75, 3.05) is 31.8 Å². The monoisotopic (exact) mass is 249 g/mol. The number of anilines is 1. The predicted octanol–water partition coefficient (Wildman–Crippen LogP) is 0.998. The third kappa shape index (κ3) is 2.56. The van der Waals surface area contributed by atoms with E-state index in [2.05, 4.69) is 0 Å². The van der Waals surface area contributed by atoms with E-state index in [4.69, 9.17) is 10.5 Å². The fourth-order valence-electron chi connectivity index (χ4n) is 2.11. The maximum atomic E-state index is 11.8. The van der Waals surface area contributed by atoms with Crippen molar-refractivity contribution in [3.05, 3.63) is 24.3 Å². The lowest BCUT2D eigenvalue weighted by atomic mass is 10.3. The topological polar surface area (TPSA) is 58.8 Å². The van der Waals surface area contributed by atoms with Crippen molar-refractivity contribution in [2.24, 2.45) is 5.73 Å². The third-order valence-corrected chi connectivity index (χ3v) is 3.04. The van der Waals surface area contributed by atoms with E-state index in [-0.39, 0.29) is 5.91 Å². The number of hydrogen-bond donors (Lipinski definition) is 1. The quantitative estimate of drug-likeness (QED) is 0.845. The number of hydrogen-bond acceptors (Lipinski definition) is 4. The molecule has 2 N–H and O–H groups in total. The van der Waals surface area contributed by atoms with E-state index in [1.165, 1.54) is 0 Å². The van der Waals surface area contributed by atoms with Crippen LogP contribution in [0.2, 0.25) is 0 Å². The molecule has 1 aliphatic heterocycles. The Morgan fingerprint density at radius 3 is 3.00 bits per heavy atom. The van der Waals surface area contributed by atoms with E-state index in [1.54, 1.807) is 12.1 Å². The molecule has 0 unspecified atom stereocenters. The molecule has 0 aliphatic carbocycles. The number of amides is 1. The number of benzene rings is 1. The van der Waals surface area contributed by atoms with Crippen LogP contribution >= 0.6 is 0 Å². The molecule has 0 aromatic heterocycles. The first-order chi connectivity index (χ1) is 8.76. The van der Waals surface area contributed by atoms with Gasteiger partial charge in [0.1, 0.15) is 5.75 Å². The lowest BCUT2D eigenvalue weighted by Gasteiger charge is -2.29. The highest BCUT2D eigenvalue weighted by atomic mass is 16.5. The van der Waals surface area contributed by atoms with E-state index in [1.807, 2.05) is 29.3 Å². The third-order valence-electron chi connectivity index (χ3n) is 3.04. The van der Waals surface area contributed by atoms with Gasteiger partial charge in [-0.1, -0.05) is 6.07 Å². The van der Waals surface area contributed by atoms with E-state index >= 15 is 0 Å². The summed E-state index contributed by atoms with van der Waals surface area (Å²) in [5, 5.41) is 3.78. The van der Waals surface area contributed by atoms with Gasteiger partial charge in [-0.15, -0.1) is 0 Å². The number of methoxy groups -OCH3 is 1. The standard InChI is InChI=1S/C13H19N3O2/c1-18-12-5-2-4-11(10-12)15-9-6-13(17)16(15)8-3-7-14/h2,4-5,10H,3,6-9,14H2,1H3. The minimum Gasteiger partial charge on any atom is -0.497 e. The van der Waals surface area contributed by atoms with Crippen LogP contribution in [0.1, 0.15) is 12.8 Å². The van der Waals surface area contributed by atoms with Crippen molar-refractivity contribution in [1.29, 1.82) is 0 Å². The molecule has 1 amide bonds. The summed E-state index contributed by atoms with van der Waals surface area (Å²) >= 11 is 0. The lowest BCUT2D eigenvalue weighted by Crippen LogP contribution is -2.40. The summed E-state index contributed by atoms with van der Waals surface area (Å²) in [7, 11) is 1.64. The van der Waals surface area contributed by atoms with Gasteiger partial charge in [-0.05, 0) is 25.1 Å². The number of rotatable bonds is 5. The number of nitrogens with two attached hydrogens (primary N) is 1. The van der Waals surface area contributed by atoms with Crippen molar-refractivity contribution in [3.8, 4) is 5.75 Å². The molecule has 1 aromatic rings. The summed E-state index contributed by atoms with van der Waals surface area (Å²) in [6.45, 7) is 1.98. The Bertz CT molecular complexity index is 422. The summed E-state index contributed by atoms with van der Waals surface area (Å²) < 4.78 is 5.21. The molecule has 1 heterocycles. The first-order valence-corrected chi connectivity index (χ1v) is 6.18. The Balaban J connectivity index is 2.17. The van der Waals surface area contributed by atoms with Gasteiger partial charge in [0.05, 0.1) is 12.8 Å². The van der Waals surface area contributed by atoms with Gasteiger partial charge in [0.15, 0.2) is 0 Å². The number of nitrogens with zero attached hydrogens (tertiary/aromatic N) is 2. The van der Waals surface area contributed by atoms with Crippen LogP contribution < -0.4 is 15.5 Å². The van der Waals surface area contributed by atoms with E-state index < -0.39 is 0 Å². The summed E-state index contributed by atoms with van der Waals surface area (Å²) in [5.74, 6) is 0.955. The fraction of sp³-hybridized carbons (Fsp3) is 0.462. The molecule has 0 bridgehead atoms. The maximum absolute atomic E-state index is 11.8. The van der Waals surface area contributed by atoms with Crippen molar-refractivity contribution >= 4 is 11.6 Å². The first kappa shape index (κ1) is 12.7. The van der Waals surface area contributed by atoms with E-state index in [0.717, 1.165) is 24.4 Å². The normalized spacial score (nSPS) is 15.3. The van der Waals surface area contributed by atoms with E-state index in [0.29, 0.717) is 19.5 Å². The summed E-state index contributed by atoms with van der Waals surface area (Å²) in [6, 6.07) is 7.74. The van der Waals surface area contributed by atoms with Gasteiger partial charge in [0, 0.05) is 25.6 Å². The molecule has 5 nitrogen and oxygen atoms in total. The zero-order valence-electron chi connectivity index (χ0n) is 10.6. The molecular weight excluding hydrogens is 230 g/mol. The highest BCUT2D eigenvalue weighted by Crippen LogP contribution is 2.26. The lowest BCUT2D eigenvalue weighted by molar-refractivity contribution is -0.128. The summed E-state index contributed by atoms with van der Waals surface area (Å²) in [6.07, 6.45) is 1.37. The second-order valence-corrected chi connectivity index (χ2v) is 4.23. The molecule has 2 rings (SSSR count). The minimum atomic E-state index is 0.159. The molecule has 1 saturated heterocycles. The van der Waals surface area contributed by atoms with Gasteiger partial charge in [-0.2, -0.15) is 0 Å². The number of ether oxygens (including phenoxy) is 1. The van der Waals surface area contributed by atoms with Crippen LogP contribution in [0.3, 0.4) is 0 Å². The molecule has 0 saturated carbocycles. The maximum Gasteiger partial charge on any atom is 0.242 e. The largest absolute Gasteiger partial charge is 0.497 e. The van der Waals surface area contributed by atoms with Crippen LogP contribution in [0.4, 0.5) is 5.69 Å². The van der Waals surface area contributed by atoms with Gasteiger partial charge in [0.25, 0.3) is 0 Å². The SMILES string of the molecule is COc1cccc(N2CCC(=O)N2CCCN)c1.